The van der Waals surface area contributed by atoms with Crippen molar-refractivity contribution in [3.05, 3.63) is 34.9 Å². The molecule has 7 heteroatoms. The van der Waals surface area contributed by atoms with E-state index in [4.69, 9.17) is 11.6 Å². The molecule has 0 saturated carbocycles. The number of rotatable bonds is 3. The van der Waals surface area contributed by atoms with Crippen LogP contribution in [0.15, 0.2) is 24.3 Å². The lowest BCUT2D eigenvalue weighted by Gasteiger charge is -2.32. The van der Waals surface area contributed by atoms with Gasteiger partial charge in [0.2, 0.25) is 11.8 Å². The third-order valence-corrected chi connectivity index (χ3v) is 6.00. The molecule has 1 N–H and O–H groups in total. The summed E-state index contributed by atoms with van der Waals surface area (Å²) in [6.07, 6.45) is 0. The number of hydrogen-bond acceptors (Lipinski definition) is 3. The van der Waals surface area contributed by atoms with E-state index >= 15 is 0 Å². The Balaban J connectivity index is 1.71. The molecule has 0 bridgehead atoms. The number of thioether (sulfide) groups is 1. The maximum absolute atomic E-state index is 12.5. The van der Waals surface area contributed by atoms with E-state index < -0.39 is 0 Å². The second-order valence-corrected chi connectivity index (χ2v) is 7.52. The third kappa shape index (κ3) is 3.65. The summed E-state index contributed by atoms with van der Waals surface area (Å²) >= 11 is 7.80. The molecule has 3 rings (SSSR count). The Hall–Kier alpha value is -1.24. The Labute approximate surface area is 145 Å². The van der Waals surface area contributed by atoms with E-state index in [-0.39, 0.29) is 23.7 Å². The van der Waals surface area contributed by atoms with Crippen molar-refractivity contribution in [3.8, 4) is 0 Å². The van der Waals surface area contributed by atoms with Gasteiger partial charge in [0, 0.05) is 10.6 Å². The fraction of sp³-hybridized carbons (Fsp3) is 0.500. The summed E-state index contributed by atoms with van der Waals surface area (Å²) in [5, 5.41) is 0.471. The summed E-state index contributed by atoms with van der Waals surface area (Å²) < 4.78 is 0. The highest BCUT2D eigenvalue weighted by atomic mass is 35.5. The quantitative estimate of drug-likeness (QED) is 0.847. The zero-order valence-electron chi connectivity index (χ0n) is 13.1. The first-order chi connectivity index (χ1) is 11.1. The third-order valence-electron chi connectivity index (χ3n) is 4.41. The molecule has 0 aromatic heterocycles. The Kier molecular flexibility index (Phi) is 5.14. The molecular formula is C16H21ClN3O2S+. The number of likely N-dealkylation sites (N-methyl/N-ethyl adjacent to an activating group) is 1. The van der Waals surface area contributed by atoms with E-state index in [1.54, 1.807) is 4.90 Å². The highest BCUT2D eigenvalue weighted by Gasteiger charge is 2.36. The average molecular weight is 355 g/mol. The van der Waals surface area contributed by atoms with E-state index in [2.05, 4.69) is 7.05 Å². The van der Waals surface area contributed by atoms with Gasteiger partial charge in [-0.1, -0.05) is 29.8 Å². The molecule has 0 spiro atoms. The Bertz CT molecular complexity index is 605. The summed E-state index contributed by atoms with van der Waals surface area (Å²) in [6, 6.07) is 7.53. The number of nitrogens with one attached hydrogen (secondary N) is 1. The number of quaternary nitrogens is 1. The molecule has 1 aromatic carbocycles. The van der Waals surface area contributed by atoms with Crippen LogP contribution in [0.2, 0.25) is 5.02 Å². The highest BCUT2D eigenvalue weighted by Crippen LogP contribution is 2.41. The lowest BCUT2D eigenvalue weighted by atomic mass is 10.2. The van der Waals surface area contributed by atoms with Crippen molar-refractivity contribution < 1.29 is 14.5 Å². The highest BCUT2D eigenvalue weighted by molar-refractivity contribution is 8.00. The van der Waals surface area contributed by atoms with Crippen molar-refractivity contribution in [2.45, 2.75) is 5.37 Å². The summed E-state index contributed by atoms with van der Waals surface area (Å²) in [5.74, 6) is 0.439. The van der Waals surface area contributed by atoms with Crippen LogP contribution in [-0.4, -0.2) is 67.1 Å². The minimum Gasteiger partial charge on any atom is -0.334 e. The number of halogens is 1. The monoisotopic (exact) mass is 354 g/mol. The zero-order valence-corrected chi connectivity index (χ0v) is 14.7. The lowest BCUT2D eigenvalue weighted by molar-refractivity contribution is -0.883. The van der Waals surface area contributed by atoms with Crippen molar-refractivity contribution in [2.24, 2.45) is 0 Å². The first-order valence-electron chi connectivity index (χ1n) is 7.81. The molecule has 2 fully saturated rings. The number of hydrogen-bond donors (Lipinski definition) is 1. The van der Waals surface area contributed by atoms with Gasteiger partial charge < -0.3 is 14.7 Å². The molecule has 2 saturated heterocycles. The van der Waals surface area contributed by atoms with Crippen molar-refractivity contribution >= 4 is 35.2 Å². The molecule has 1 atom stereocenters. The summed E-state index contributed by atoms with van der Waals surface area (Å²) in [7, 11) is 2.13. The number of piperazine rings is 1. The van der Waals surface area contributed by atoms with Gasteiger partial charge >= 0.3 is 0 Å². The van der Waals surface area contributed by atoms with Gasteiger partial charge in [-0.05, 0) is 6.07 Å². The van der Waals surface area contributed by atoms with Crippen LogP contribution in [0.1, 0.15) is 10.9 Å². The van der Waals surface area contributed by atoms with Crippen LogP contribution >= 0.6 is 23.4 Å². The molecule has 23 heavy (non-hydrogen) atoms. The number of carbonyl (C=O) groups is 2. The van der Waals surface area contributed by atoms with E-state index in [0.717, 1.165) is 31.7 Å². The fourth-order valence-electron chi connectivity index (χ4n) is 2.94. The number of amides is 2. The summed E-state index contributed by atoms with van der Waals surface area (Å²) in [4.78, 5) is 29.8. The minimum absolute atomic E-state index is 0.00743. The summed E-state index contributed by atoms with van der Waals surface area (Å²) in [6.45, 7) is 3.58. The SMILES string of the molecule is C[NH+]1CCN(C(=O)CN2C(=O)CS[C@@H]2c2ccccc2Cl)CC1. The van der Waals surface area contributed by atoms with Gasteiger partial charge in [-0.15, -0.1) is 11.8 Å². The number of benzene rings is 1. The lowest BCUT2D eigenvalue weighted by Crippen LogP contribution is -3.12. The van der Waals surface area contributed by atoms with Gasteiger partial charge in [-0.25, -0.2) is 0 Å². The summed E-state index contributed by atoms with van der Waals surface area (Å²) in [5.41, 5.74) is 0.903. The molecule has 5 nitrogen and oxygen atoms in total. The molecule has 0 unspecified atom stereocenters. The molecule has 2 aliphatic heterocycles. The maximum atomic E-state index is 12.5. The largest absolute Gasteiger partial charge is 0.334 e. The predicted molar refractivity (Wildman–Crippen MR) is 91.6 cm³/mol. The maximum Gasteiger partial charge on any atom is 0.242 e. The van der Waals surface area contributed by atoms with Crippen molar-refractivity contribution in [3.63, 3.8) is 0 Å². The molecule has 0 aliphatic carbocycles. The van der Waals surface area contributed by atoms with Gasteiger partial charge in [-0.3, -0.25) is 9.59 Å². The Morgan fingerprint density at radius 2 is 2.04 bits per heavy atom. The average Bonchev–Trinajstić information content (AvgIpc) is 2.89. The van der Waals surface area contributed by atoms with Crippen molar-refractivity contribution in [1.82, 2.24) is 9.80 Å². The first kappa shape index (κ1) is 16.6. The smallest absolute Gasteiger partial charge is 0.242 e. The molecule has 1 aromatic rings. The minimum atomic E-state index is -0.168. The predicted octanol–water partition coefficient (Wildman–Crippen LogP) is 0.271. The fourth-order valence-corrected chi connectivity index (χ4v) is 4.47. The van der Waals surface area contributed by atoms with E-state index in [0.29, 0.717) is 10.8 Å². The molecule has 124 valence electrons. The van der Waals surface area contributed by atoms with Gasteiger partial charge in [-0.2, -0.15) is 0 Å². The second-order valence-electron chi connectivity index (χ2n) is 6.04. The van der Waals surface area contributed by atoms with E-state index in [1.165, 1.54) is 16.7 Å². The van der Waals surface area contributed by atoms with Crippen LogP contribution in [0.3, 0.4) is 0 Å². The molecule has 2 amide bonds. The Morgan fingerprint density at radius 3 is 2.74 bits per heavy atom. The van der Waals surface area contributed by atoms with E-state index in [1.807, 2.05) is 29.2 Å². The number of nitrogens with zero attached hydrogens (tertiary/aromatic N) is 2. The topological polar surface area (TPSA) is 45.1 Å². The molecule has 2 heterocycles. The van der Waals surface area contributed by atoms with Crippen LogP contribution in [0.4, 0.5) is 0 Å². The van der Waals surface area contributed by atoms with Crippen LogP contribution in [0.25, 0.3) is 0 Å². The van der Waals surface area contributed by atoms with Gasteiger partial charge in [0.15, 0.2) is 0 Å². The van der Waals surface area contributed by atoms with Crippen LogP contribution in [0, 0.1) is 0 Å². The molecular weight excluding hydrogens is 334 g/mol. The standard InChI is InChI=1S/C16H20ClN3O2S/c1-18-6-8-19(9-7-18)14(21)10-20-15(22)11-23-16(20)12-4-2-3-5-13(12)17/h2-5,16H,6-11H2,1H3/p+1/t16-/m1/s1. The molecule has 0 radical (unpaired) electrons. The van der Waals surface area contributed by atoms with Gasteiger partial charge in [0.1, 0.15) is 11.9 Å². The second kappa shape index (κ2) is 7.11. The van der Waals surface area contributed by atoms with Gasteiger partial charge in [0.05, 0.1) is 39.0 Å². The van der Waals surface area contributed by atoms with Crippen LogP contribution in [-0.2, 0) is 9.59 Å². The molecule has 2 aliphatic rings. The van der Waals surface area contributed by atoms with Crippen molar-refractivity contribution in [2.75, 3.05) is 45.5 Å². The normalized spacial score (nSPS) is 22.7. The Morgan fingerprint density at radius 1 is 1.35 bits per heavy atom. The van der Waals surface area contributed by atoms with Crippen LogP contribution < -0.4 is 4.90 Å². The zero-order chi connectivity index (χ0) is 16.4. The van der Waals surface area contributed by atoms with Gasteiger partial charge in [0.25, 0.3) is 0 Å². The number of carbonyl (C=O) groups excluding carboxylic acids is 2. The first-order valence-corrected chi connectivity index (χ1v) is 9.23. The van der Waals surface area contributed by atoms with E-state index in [9.17, 15) is 9.59 Å². The van der Waals surface area contributed by atoms with Crippen molar-refractivity contribution in [1.29, 1.82) is 0 Å². The van der Waals surface area contributed by atoms with Crippen LogP contribution in [0.5, 0.6) is 0 Å².